The number of nitrogens with two attached hydrogens (primary N) is 2. The van der Waals surface area contributed by atoms with E-state index in [4.69, 9.17) is 11.5 Å². The van der Waals surface area contributed by atoms with Crippen LogP contribution in [0.1, 0.15) is 39.0 Å². The summed E-state index contributed by atoms with van der Waals surface area (Å²) in [5.41, 5.74) is 11.3. The van der Waals surface area contributed by atoms with Crippen LogP contribution in [0, 0.1) is 5.92 Å². The summed E-state index contributed by atoms with van der Waals surface area (Å²) >= 11 is 0. The summed E-state index contributed by atoms with van der Waals surface area (Å²) in [6.07, 6.45) is 5.03. The highest BCUT2D eigenvalue weighted by Gasteiger charge is 2.25. The second-order valence-electron chi connectivity index (χ2n) is 4.71. The Bertz CT molecular complexity index is 212. The van der Waals surface area contributed by atoms with Gasteiger partial charge in [0.25, 0.3) is 0 Å². The molecule has 94 valence electrons. The molecule has 1 unspecified atom stereocenters. The minimum atomic E-state index is -0.346. The van der Waals surface area contributed by atoms with Crippen molar-refractivity contribution in [1.29, 1.82) is 0 Å². The van der Waals surface area contributed by atoms with E-state index < -0.39 is 0 Å². The molecular formula is C12H25N3O. The van der Waals surface area contributed by atoms with Crippen molar-refractivity contribution in [2.75, 3.05) is 19.6 Å². The largest absolute Gasteiger partial charge is 0.341 e. The van der Waals surface area contributed by atoms with Gasteiger partial charge in [-0.1, -0.05) is 13.3 Å². The van der Waals surface area contributed by atoms with Gasteiger partial charge < -0.3 is 16.4 Å². The van der Waals surface area contributed by atoms with Gasteiger partial charge in [0.15, 0.2) is 0 Å². The third-order valence-corrected chi connectivity index (χ3v) is 3.54. The van der Waals surface area contributed by atoms with Crippen LogP contribution < -0.4 is 11.5 Å². The molecule has 16 heavy (non-hydrogen) atoms. The number of amides is 1. The Morgan fingerprint density at radius 2 is 2.06 bits per heavy atom. The number of hydrogen-bond donors (Lipinski definition) is 2. The lowest BCUT2D eigenvalue weighted by atomic mass is 9.94. The molecule has 0 aromatic rings. The SMILES string of the molecule is CCC1CCN(C(=O)C(N)CCCN)CC1. The van der Waals surface area contributed by atoms with Gasteiger partial charge in [-0.2, -0.15) is 0 Å². The van der Waals surface area contributed by atoms with Gasteiger partial charge in [0.1, 0.15) is 0 Å². The van der Waals surface area contributed by atoms with Gasteiger partial charge in [-0.15, -0.1) is 0 Å². The van der Waals surface area contributed by atoms with Gasteiger partial charge >= 0.3 is 0 Å². The van der Waals surface area contributed by atoms with E-state index in [2.05, 4.69) is 6.92 Å². The number of carbonyl (C=O) groups is 1. The molecule has 1 rings (SSSR count). The topological polar surface area (TPSA) is 72.3 Å². The molecule has 4 N–H and O–H groups in total. The third-order valence-electron chi connectivity index (χ3n) is 3.54. The number of carbonyl (C=O) groups excluding carboxylic acids is 1. The average Bonchev–Trinajstić information content (AvgIpc) is 2.35. The number of likely N-dealkylation sites (tertiary alicyclic amines) is 1. The molecular weight excluding hydrogens is 202 g/mol. The zero-order chi connectivity index (χ0) is 12.0. The number of piperidine rings is 1. The first-order chi connectivity index (χ1) is 7.69. The van der Waals surface area contributed by atoms with Crippen LogP contribution in [0.4, 0.5) is 0 Å². The lowest BCUT2D eigenvalue weighted by Crippen LogP contribution is -2.47. The standard InChI is InChI=1S/C12H25N3O/c1-2-10-5-8-15(9-6-10)12(16)11(14)4-3-7-13/h10-11H,2-9,13-14H2,1H3. The lowest BCUT2D eigenvalue weighted by Gasteiger charge is -2.33. The van der Waals surface area contributed by atoms with Crippen LogP contribution in [0.5, 0.6) is 0 Å². The Kier molecular flexibility index (Phi) is 5.77. The van der Waals surface area contributed by atoms with Crippen molar-refractivity contribution < 1.29 is 4.79 Å². The molecule has 0 aliphatic carbocycles. The smallest absolute Gasteiger partial charge is 0.239 e. The van der Waals surface area contributed by atoms with E-state index in [0.717, 1.165) is 38.3 Å². The molecule has 1 aliphatic heterocycles. The Balaban J connectivity index is 2.32. The van der Waals surface area contributed by atoms with Gasteiger partial charge in [-0.05, 0) is 38.1 Å². The Labute approximate surface area is 98.3 Å². The molecule has 1 fully saturated rings. The molecule has 0 spiro atoms. The zero-order valence-corrected chi connectivity index (χ0v) is 10.3. The highest BCUT2D eigenvalue weighted by Crippen LogP contribution is 2.20. The van der Waals surface area contributed by atoms with E-state index in [0.29, 0.717) is 13.0 Å². The molecule has 4 heteroatoms. The number of hydrogen-bond acceptors (Lipinski definition) is 3. The van der Waals surface area contributed by atoms with Crippen LogP contribution in [0.15, 0.2) is 0 Å². The van der Waals surface area contributed by atoms with Gasteiger partial charge in [0.05, 0.1) is 6.04 Å². The molecule has 1 saturated heterocycles. The molecule has 0 radical (unpaired) electrons. The van der Waals surface area contributed by atoms with E-state index in [1.165, 1.54) is 6.42 Å². The minimum absolute atomic E-state index is 0.114. The van der Waals surface area contributed by atoms with Crippen LogP contribution in [0.25, 0.3) is 0 Å². The van der Waals surface area contributed by atoms with Crippen LogP contribution >= 0.6 is 0 Å². The quantitative estimate of drug-likeness (QED) is 0.726. The molecule has 0 bridgehead atoms. The van der Waals surface area contributed by atoms with Crippen LogP contribution in [-0.2, 0) is 4.79 Å². The van der Waals surface area contributed by atoms with Crippen molar-refractivity contribution >= 4 is 5.91 Å². The number of rotatable bonds is 5. The Hall–Kier alpha value is -0.610. The van der Waals surface area contributed by atoms with E-state index >= 15 is 0 Å². The summed E-state index contributed by atoms with van der Waals surface area (Å²) in [6.45, 7) is 4.59. The molecule has 1 atom stereocenters. The van der Waals surface area contributed by atoms with E-state index in [9.17, 15) is 4.79 Å². The lowest BCUT2D eigenvalue weighted by molar-refractivity contribution is -0.134. The van der Waals surface area contributed by atoms with Gasteiger partial charge in [-0.3, -0.25) is 4.79 Å². The summed E-state index contributed by atoms with van der Waals surface area (Å²) in [5.74, 6) is 0.910. The maximum absolute atomic E-state index is 12.0. The molecule has 1 heterocycles. The first-order valence-electron chi connectivity index (χ1n) is 6.43. The van der Waals surface area contributed by atoms with Crippen LogP contribution in [-0.4, -0.2) is 36.5 Å². The fourth-order valence-electron chi connectivity index (χ4n) is 2.26. The molecule has 0 aromatic carbocycles. The minimum Gasteiger partial charge on any atom is -0.341 e. The third kappa shape index (κ3) is 3.76. The molecule has 4 nitrogen and oxygen atoms in total. The molecule has 0 saturated carbocycles. The van der Waals surface area contributed by atoms with Crippen molar-refractivity contribution in [3.63, 3.8) is 0 Å². The first-order valence-corrected chi connectivity index (χ1v) is 6.43. The summed E-state index contributed by atoms with van der Waals surface area (Å²) in [6, 6.07) is -0.346. The van der Waals surface area contributed by atoms with Crippen LogP contribution in [0.3, 0.4) is 0 Å². The predicted octanol–water partition coefficient (Wildman–Crippen LogP) is 0.701. The van der Waals surface area contributed by atoms with Gasteiger partial charge in [-0.25, -0.2) is 0 Å². The zero-order valence-electron chi connectivity index (χ0n) is 10.3. The Morgan fingerprint density at radius 3 is 2.56 bits per heavy atom. The van der Waals surface area contributed by atoms with E-state index in [-0.39, 0.29) is 11.9 Å². The maximum atomic E-state index is 12.0. The first kappa shape index (κ1) is 13.5. The maximum Gasteiger partial charge on any atom is 0.239 e. The fourth-order valence-corrected chi connectivity index (χ4v) is 2.26. The van der Waals surface area contributed by atoms with Crippen molar-refractivity contribution in [2.24, 2.45) is 17.4 Å². The highest BCUT2D eigenvalue weighted by molar-refractivity contribution is 5.81. The van der Waals surface area contributed by atoms with Crippen LogP contribution in [0.2, 0.25) is 0 Å². The van der Waals surface area contributed by atoms with Crippen molar-refractivity contribution in [1.82, 2.24) is 4.90 Å². The highest BCUT2D eigenvalue weighted by atomic mass is 16.2. The summed E-state index contributed by atoms with van der Waals surface area (Å²) in [7, 11) is 0. The number of nitrogens with zero attached hydrogens (tertiary/aromatic N) is 1. The van der Waals surface area contributed by atoms with Crippen molar-refractivity contribution in [3.05, 3.63) is 0 Å². The predicted molar refractivity (Wildman–Crippen MR) is 65.9 cm³/mol. The second kappa shape index (κ2) is 6.86. The van der Waals surface area contributed by atoms with E-state index in [1.807, 2.05) is 4.90 Å². The average molecular weight is 227 g/mol. The summed E-state index contributed by atoms with van der Waals surface area (Å²) in [5, 5.41) is 0. The summed E-state index contributed by atoms with van der Waals surface area (Å²) in [4.78, 5) is 13.9. The van der Waals surface area contributed by atoms with Gasteiger partial charge in [0.2, 0.25) is 5.91 Å². The Morgan fingerprint density at radius 1 is 1.44 bits per heavy atom. The van der Waals surface area contributed by atoms with E-state index in [1.54, 1.807) is 0 Å². The monoisotopic (exact) mass is 227 g/mol. The van der Waals surface area contributed by atoms with Crippen molar-refractivity contribution in [3.8, 4) is 0 Å². The molecule has 1 aliphatic rings. The normalized spacial score (nSPS) is 19.8. The molecule has 1 amide bonds. The second-order valence-corrected chi connectivity index (χ2v) is 4.71. The molecule has 0 aromatic heterocycles. The van der Waals surface area contributed by atoms with Crippen molar-refractivity contribution in [2.45, 2.75) is 45.1 Å². The summed E-state index contributed by atoms with van der Waals surface area (Å²) < 4.78 is 0. The van der Waals surface area contributed by atoms with Gasteiger partial charge in [0, 0.05) is 13.1 Å². The fraction of sp³-hybridized carbons (Fsp3) is 0.917.